The van der Waals surface area contributed by atoms with Gasteiger partial charge in [0.2, 0.25) is 0 Å². The Balaban J connectivity index is 1.29. The second kappa shape index (κ2) is 12.5. The van der Waals surface area contributed by atoms with E-state index in [1.807, 2.05) is 48.5 Å². The molecule has 2 amide bonds. The summed E-state index contributed by atoms with van der Waals surface area (Å²) in [5, 5.41) is 9.82. The van der Waals surface area contributed by atoms with Crippen LogP contribution >= 0.6 is 27.7 Å². The first-order valence-electron chi connectivity index (χ1n) is 12.6. The molecule has 5 rings (SSSR count). The van der Waals surface area contributed by atoms with E-state index in [1.165, 1.54) is 16.7 Å². The summed E-state index contributed by atoms with van der Waals surface area (Å²) in [6.07, 6.45) is 1.81. The quantitative estimate of drug-likeness (QED) is 0.334. The van der Waals surface area contributed by atoms with Crippen LogP contribution in [0.5, 0.6) is 5.75 Å². The van der Waals surface area contributed by atoms with Gasteiger partial charge in [-0.2, -0.15) is 5.26 Å². The average Bonchev–Trinajstić information content (AvgIpc) is 3.24. The first kappa shape index (κ1) is 27.6. The van der Waals surface area contributed by atoms with E-state index in [1.54, 1.807) is 36.2 Å². The van der Waals surface area contributed by atoms with Crippen LogP contribution in [-0.2, 0) is 16.1 Å². The predicted molar refractivity (Wildman–Crippen MR) is 158 cm³/mol. The second-order valence-corrected chi connectivity index (χ2v) is 10.9. The van der Waals surface area contributed by atoms with Crippen LogP contribution in [0.2, 0.25) is 0 Å². The van der Waals surface area contributed by atoms with Gasteiger partial charge < -0.3 is 14.4 Å². The highest BCUT2D eigenvalue weighted by molar-refractivity contribution is 9.10. The molecule has 10 heteroatoms. The van der Waals surface area contributed by atoms with Gasteiger partial charge in [-0.05, 0) is 75.7 Å². The SMILES string of the molecule is CN1C(=O)/C(=C\c2ccc(OCc3ccccc3C#N)c(Br)c2)SC1=Nc1cccc(C(=O)N2CCOCC2)c1. The summed E-state index contributed by atoms with van der Waals surface area (Å²) in [5.41, 5.74) is 3.36. The Morgan fingerprint density at radius 3 is 2.73 bits per heavy atom. The van der Waals surface area contributed by atoms with E-state index in [2.05, 4.69) is 27.0 Å². The molecule has 0 saturated carbocycles. The normalized spacial score (nSPS) is 17.4. The smallest absolute Gasteiger partial charge is 0.266 e. The maximum Gasteiger partial charge on any atom is 0.266 e. The number of carbonyl (C=O) groups is 2. The van der Waals surface area contributed by atoms with Crippen molar-refractivity contribution in [2.45, 2.75) is 6.61 Å². The van der Waals surface area contributed by atoms with Gasteiger partial charge in [0.15, 0.2) is 5.17 Å². The lowest BCUT2D eigenvalue weighted by atomic mass is 10.1. The Labute approximate surface area is 245 Å². The fourth-order valence-corrected chi connectivity index (χ4v) is 5.70. The molecule has 2 fully saturated rings. The Morgan fingerprint density at radius 2 is 1.95 bits per heavy atom. The van der Waals surface area contributed by atoms with Gasteiger partial charge >= 0.3 is 0 Å². The standard InChI is InChI=1S/C30H25BrN4O4S/c1-34-29(37)27(16-20-9-10-26(25(31)15-20)39-19-23-6-3-2-5-22(23)18-32)40-30(34)33-24-8-4-7-21(17-24)28(36)35-11-13-38-14-12-35/h2-10,15-17H,11-14,19H2,1H3/b27-16+,33-30?. The zero-order valence-electron chi connectivity index (χ0n) is 21.7. The second-order valence-electron chi connectivity index (χ2n) is 9.07. The van der Waals surface area contributed by atoms with Crippen molar-refractivity contribution in [3.63, 3.8) is 0 Å². The number of amides is 2. The molecule has 0 aromatic heterocycles. The highest BCUT2D eigenvalue weighted by Gasteiger charge is 2.30. The molecule has 3 aromatic rings. The van der Waals surface area contributed by atoms with Gasteiger partial charge in [-0.1, -0.05) is 30.3 Å². The molecule has 0 spiro atoms. The number of aliphatic imine (C=N–C) groups is 1. The van der Waals surface area contributed by atoms with Crippen molar-refractivity contribution in [3.8, 4) is 11.8 Å². The third kappa shape index (κ3) is 6.28. The topological polar surface area (TPSA) is 95.2 Å². The van der Waals surface area contributed by atoms with Crippen molar-refractivity contribution in [3.05, 3.63) is 98.4 Å². The van der Waals surface area contributed by atoms with E-state index in [9.17, 15) is 14.9 Å². The highest BCUT2D eigenvalue weighted by Crippen LogP contribution is 2.35. The zero-order chi connectivity index (χ0) is 28.1. The van der Waals surface area contributed by atoms with E-state index >= 15 is 0 Å². The third-order valence-electron chi connectivity index (χ3n) is 6.39. The van der Waals surface area contributed by atoms with Crippen LogP contribution in [0.1, 0.15) is 27.0 Å². The van der Waals surface area contributed by atoms with Gasteiger partial charge in [0.25, 0.3) is 11.8 Å². The molecular formula is C30H25BrN4O4S. The van der Waals surface area contributed by atoms with Crippen LogP contribution in [0.15, 0.2) is 81.1 Å². The summed E-state index contributed by atoms with van der Waals surface area (Å²) in [6.45, 7) is 2.47. The minimum Gasteiger partial charge on any atom is -0.488 e. The molecule has 2 aliphatic rings. The lowest BCUT2D eigenvalue weighted by molar-refractivity contribution is -0.121. The minimum atomic E-state index is -0.158. The number of rotatable bonds is 6. The lowest BCUT2D eigenvalue weighted by Crippen LogP contribution is -2.40. The van der Waals surface area contributed by atoms with Crippen molar-refractivity contribution in [2.75, 3.05) is 33.4 Å². The predicted octanol–water partition coefficient (Wildman–Crippen LogP) is 5.61. The Morgan fingerprint density at radius 1 is 1.15 bits per heavy atom. The molecule has 40 heavy (non-hydrogen) atoms. The largest absolute Gasteiger partial charge is 0.488 e. The molecule has 8 nitrogen and oxygen atoms in total. The summed E-state index contributed by atoms with van der Waals surface area (Å²) in [5.74, 6) is 0.418. The van der Waals surface area contributed by atoms with Crippen molar-refractivity contribution in [1.82, 2.24) is 9.80 Å². The molecule has 2 heterocycles. The number of thioether (sulfide) groups is 1. The van der Waals surface area contributed by atoms with Crippen molar-refractivity contribution < 1.29 is 19.1 Å². The molecule has 0 N–H and O–H groups in total. The molecule has 2 saturated heterocycles. The molecule has 3 aromatic carbocycles. The van der Waals surface area contributed by atoms with Gasteiger partial charge in [0.05, 0.1) is 39.9 Å². The molecule has 0 atom stereocenters. The summed E-state index contributed by atoms with van der Waals surface area (Å²) in [7, 11) is 1.68. The Hall–Kier alpha value is -3.91. The van der Waals surface area contributed by atoms with E-state index in [0.717, 1.165) is 15.6 Å². The maximum atomic E-state index is 13.0. The molecule has 202 valence electrons. The molecule has 2 aliphatic heterocycles. The number of likely N-dealkylation sites (N-methyl/N-ethyl adjacent to an activating group) is 1. The maximum absolute atomic E-state index is 13.0. The molecule has 0 radical (unpaired) electrons. The fourth-order valence-electron chi connectivity index (χ4n) is 4.21. The lowest BCUT2D eigenvalue weighted by Gasteiger charge is -2.26. The van der Waals surface area contributed by atoms with Gasteiger partial charge in [0, 0.05) is 31.3 Å². The monoisotopic (exact) mass is 616 g/mol. The van der Waals surface area contributed by atoms with Gasteiger partial charge in [0.1, 0.15) is 12.4 Å². The number of benzene rings is 3. The number of ether oxygens (including phenoxy) is 2. The van der Waals surface area contributed by atoms with Crippen molar-refractivity contribution >= 4 is 56.4 Å². The van der Waals surface area contributed by atoms with Crippen LogP contribution in [0.3, 0.4) is 0 Å². The van der Waals surface area contributed by atoms with Crippen molar-refractivity contribution in [1.29, 1.82) is 5.26 Å². The minimum absolute atomic E-state index is 0.0540. The van der Waals surface area contributed by atoms with E-state index in [0.29, 0.717) is 58.9 Å². The number of hydrogen-bond donors (Lipinski definition) is 0. The van der Waals surface area contributed by atoms with E-state index in [-0.39, 0.29) is 18.4 Å². The molecule has 0 aliphatic carbocycles. The summed E-state index contributed by atoms with van der Waals surface area (Å²) < 4.78 is 12.0. The number of nitrogens with zero attached hydrogens (tertiary/aromatic N) is 4. The van der Waals surface area contributed by atoms with Crippen LogP contribution in [0.4, 0.5) is 5.69 Å². The van der Waals surface area contributed by atoms with Crippen molar-refractivity contribution in [2.24, 2.45) is 4.99 Å². The zero-order valence-corrected chi connectivity index (χ0v) is 24.1. The van der Waals surface area contributed by atoms with Crippen LogP contribution in [0, 0.1) is 11.3 Å². The number of halogens is 1. The summed E-state index contributed by atoms with van der Waals surface area (Å²) in [4.78, 5) is 34.3. The third-order valence-corrected chi connectivity index (χ3v) is 8.07. The van der Waals surface area contributed by atoms with E-state index < -0.39 is 0 Å². The number of morpholine rings is 1. The number of hydrogen-bond acceptors (Lipinski definition) is 7. The van der Waals surface area contributed by atoms with Gasteiger partial charge in [-0.15, -0.1) is 0 Å². The summed E-state index contributed by atoms with van der Waals surface area (Å²) in [6, 6.07) is 22.2. The molecule has 0 bridgehead atoms. The highest BCUT2D eigenvalue weighted by atomic mass is 79.9. The summed E-state index contributed by atoms with van der Waals surface area (Å²) >= 11 is 4.83. The van der Waals surface area contributed by atoms with Crippen LogP contribution in [0.25, 0.3) is 6.08 Å². The Bertz CT molecular complexity index is 1560. The van der Waals surface area contributed by atoms with Crippen LogP contribution < -0.4 is 4.74 Å². The average molecular weight is 618 g/mol. The Kier molecular flexibility index (Phi) is 8.65. The van der Waals surface area contributed by atoms with Crippen LogP contribution in [-0.4, -0.2) is 60.1 Å². The van der Waals surface area contributed by atoms with Gasteiger partial charge in [-0.3, -0.25) is 14.5 Å². The number of amidine groups is 1. The van der Waals surface area contributed by atoms with E-state index in [4.69, 9.17) is 9.47 Å². The van der Waals surface area contributed by atoms with Gasteiger partial charge in [-0.25, -0.2) is 4.99 Å². The first-order valence-corrected chi connectivity index (χ1v) is 14.2. The number of nitriles is 1. The molecular weight excluding hydrogens is 592 g/mol. The molecule has 0 unspecified atom stereocenters. The number of carbonyl (C=O) groups excluding carboxylic acids is 2. The fraction of sp³-hybridized carbons (Fsp3) is 0.200. The first-order chi connectivity index (χ1) is 19.4.